The average molecular weight is 318 g/mol. The van der Waals surface area contributed by atoms with Crippen LogP contribution in [0, 0.1) is 13.8 Å². The number of rotatable bonds is 4. The SMILES string of the molecule is Cc1ccc(CN[C@@H](C)c2ccc(Br)cc2)cc1C. The molecule has 0 radical (unpaired) electrons. The molecule has 0 aliphatic carbocycles. The van der Waals surface area contributed by atoms with Crippen LogP contribution in [0.1, 0.15) is 35.2 Å². The maximum atomic E-state index is 3.57. The van der Waals surface area contributed by atoms with E-state index in [0.717, 1.165) is 11.0 Å². The molecule has 0 spiro atoms. The second-order valence-electron chi connectivity index (χ2n) is 5.07. The van der Waals surface area contributed by atoms with Crippen molar-refractivity contribution in [2.75, 3.05) is 0 Å². The Morgan fingerprint density at radius 3 is 2.32 bits per heavy atom. The molecule has 0 aliphatic rings. The lowest BCUT2D eigenvalue weighted by Gasteiger charge is -2.15. The fourth-order valence-electron chi connectivity index (χ4n) is 2.05. The Hall–Kier alpha value is -1.12. The molecule has 0 aromatic heterocycles. The predicted molar refractivity (Wildman–Crippen MR) is 85.3 cm³/mol. The zero-order valence-corrected chi connectivity index (χ0v) is 13.3. The standard InChI is InChI=1S/C17H20BrN/c1-12-4-5-15(10-13(12)2)11-19-14(3)16-6-8-17(18)9-7-16/h4-10,14,19H,11H2,1-3H3/t14-/m0/s1. The van der Waals surface area contributed by atoms with E-state index in [9.17, 15) is 0 Å². The zero-order chi connectivity index (χ0) is 13.8. The van der Waals surface area contributed by atoms with Crippen molar-refractivity contribution in [1.82, 2.24) is 5.32 Å². The summed E-state index contributed by atoms with van der Waals surface area (Å²) in [6.07, 6.45) is 0. The van der Waals surface area contributed by atoms with E-state index >= 15 is 0 Å². The third kappa shape index (κ3) is 3.92. The highest BCUT2D eigenvalue weighted by atomic mass is 79.9. The molecule has 1 nitrogen and oxygen atoms in total. The topological polar surface area (TPSA) is 12.0 Å². The summed E-state index contributed by atoms with van der Waals surface area (Å²) in [7, 11) is 0. The number of hydrogen-bond donors (Lipinski definition) is 1. The third-order valence-corrected chi connectivity index (χ3v) is 4.08. The monoisotopic (exact) mass is 317 g/mol. The Balaban J connectivity index is 1.98. The van der Waals surface area contributed by atoms with Crippen LogP contribution in [0.4, 0.5) is 0 Å². The van der Waals surface area contributed by atoms with Crippen LogP contribution < -0.4 is 5.32 Å². The van der Waals surface area contributed by atoms with Crippen LogP contribution in [-0.2, 0) is 6.54 Å². The van der Waals surface area contributed by atoms with Gasteiger partial charge in [0.1, 0.15) is 0 Å². The van der Waals surface area contributed by atoms with Gasteiger partial charge in [-0.25, -0.2) is 0 Å². The van der Waals surface area contributed by atoms with Gasteiger partial charge >= 0.3 is 0 Å². The smallest absolute Gasteiger partial charge is 0.0294 e. The first-order valence-corrected chi connectivity index (χ1v) is 7.40. The van der Waals surface area contributed by atoms with Gasteiger partial charge in [0.15, 0.2) is 0 Å². The van der Waals surface area contributed by atoms with Gasteiger partial charge in [-0.2, -0.15) is 0 Å². The van der Waals surface area contributed by atoms with Gasteiger partial charge in [0.25, 0.3) is 0 Å². The lowest BCUT2D eigenvalue weighted by molar-refractivity contribution is 0.574. The molecule has 2 heteroatoms. The van der Waals surface area contributed by atoms with Crippen molar-refractivity contribution < 1.29 is 0 Å². The molecule has 0 fully saturated rings. The molecule has 0 saturated carbocycles. The van der Waals surface area contributed by atoms with Gasteiger partial charge in [0.2, 0.25) is 0 Å². The first-order chi connectivity index (χ1) is 9.06. The van der Waals surface area contributed by atoms with Crippen molar-refractivity contribution in [2.24, 2.45) is 0 Å². The fourth-order valence-corrected chi connectivity index (χ4v) is 2.32. The maximum absolute atomic E-state index is 3.57. The normalized spacial score (nSPS) is 12.4. The zero-order valence-electron chi connectivity index (χ0n) is 11.7. The number of nitrogens with one attached hydrogen (secondary N) is 1. The van der Waals surface area contributed by atoms with Crippen LogP contribution in [-0.4, -0.2) is 0 Å². The van der Waals surface area contributed by atoms with E-state index in [4.69, 9.17) is 0 Å². The van der Waals surface area contributed by atoms with Crippen LogP contribution in [0.3, 0.4) is 0 Å². The number of hydrogen-bond acceptors (Lipinski definition) is 1. The fraction of sp³-hybridized carbons (Fsp3) is 0.294. The van der Waals surface area contributed by atoms with Crippen LogP contribution in [0.25, 0.3) is 0 Å². The summed E-state index contributed by atoms with van der Waals surface area (Å²) < 4.78 is 1.12. The Kier molecular flexibility index (Phi) is 4.78. The molecule has 2 aromatic rings. The predicted octanol–water partition coefficient (Wildman–Crippen LogP) is 4.92. The van der Waals surface area contributed by atoms with Crippen molar-refractivity contribution in [3.8, 4) is 0 Å². The molecular weight excluding hydrogens is 298 g/mol. The van der Waals surface area contributed by atoms with Gasteiger partial charge in [0, 0.05) is 17.1 Å². The van der Waals surface area contributed by atoms with Gasteiger partial charge in [-0.3, -0.25) is 0 Å². The summed E-state index contributed by atoms with van der Waals surface area (Å²) in [6.45, 7) is 7.41. The van der Waals surface area contributed by atoms with E-state index in [0.29, 0.717) is 6.04 Å². The van der Waals surface area contributed by atoms with Gasteiger partial charge in [-0.15, -0.1) is 0 Å². The van der Waals surface area contributed by atoms with Gasteiger partial charge in [-0.1, -0.05) is 46.3 Å². The first kappa shape index (κ1) is 14.3. The number of benzene rings is 2. The number of aryl methyl sites for hydroxylation is 2. The Bertz CT molecular complexity index is 546. The highest BCUT2D eigenvalue weighted by Crippen LogP contribution is 2.17. The number of halogens is 1. The lowest BCUT2D eigenvalue weighted by Crippen LogP contribution is -2.18. The molecule has 0 unspecified atom stereocenters. The van der Waals surface area contributed by atoms with E-state index in [-0.39, 0.29) is 0 Å². The van der Waals surface area contributed by atoms with Gasteiger partial charge in [-0.05, 0) is 55.2 Å². The minimum absolute atomic E-state index is 0.356. The Labute approximate surface area is 124 Å². The molecule has 0 amide bonds. The van der Waals surface area contributed by atoms with Crippen molar-refractivity contribution >= 4 is 15.9 Å². The van der Waals surface area contributed by atoms with Crippen LogP contribution in [0.2, 0.25) is 0 Å². The molecule has 1 atom stereocenters. The molecule has 19 heavy (non-hydrogen) atoms. The summed E-state index contributed by atoms with van der Waals surface area (Å²) in [6, 6.07) is 15.5. The largest absolute Gasteiger partial charge is 0.306 e. The van der Waals surface area contributed by atoms with E-state index < -0.39 is 0 Å². The molecule has 2 rings (SSSR count). The van der Waals surface area contributed by atoms with E-state index in [1.165, 1.54) is 22.3 Å². The summed E-state index contributed by atoms with van der Waals surface area (Å²) in [5.74, 6) is 0. The summed E-state index contributed by atoms with van der Waals surface area (Å²) in [4.78, 5) is 0. The quantitative estimate of drug-likeness (QED) is 0.844. The summed E-state index contributed by atoms with van der Waals surface area (Å²) in [5, 5.41) is 3.57. The molecular formula is C17H20BrN. The van der Waals surface area contributed by atoms with Crippen molar-refractivity contribution in [3.63, 3.8) is 0 Å². The van der Waals surface area contributed by atoms with Crippen LogP contribution in [0.15, 0.2) is 46.9 Å². The van der Waals surface area contributed by atoms with E-state index in [2.05, 4.69) is 84.5 Å². The third-order valence-electron chi connectivity index (χ3n) is 3.55. The second-order valence-corrected chi connectivity index (χ2v) is 5.99. The molecule has 100 valence electrons. The minimum Gasteiger partial charge on any atom is -0.306 e. The summed E-state index contributed by atoms with van der Waals surface area (Å²) in [5.41, 5.74) is 5.36. The second kappa shape index (κ2) is 6.36. The highest BCUT2D eigenvalue weighted by Gasteiger charge is 2.05. The van der Waals surface area contributed by atoms with Gasteiger partial charge < -0.3 is 5.32 Å². The average Bonchev–Trinajstić information content (AvgIpc) is 2.40. The van der Waals surface area contributed by atoms with Crippen LogP contribution >= 0.6 is 15.9 Å². The van der Waals surface area contributed by atoms with Gasteiger partial charge in [0.05, 0.1) is 0 Å². The minimum atomic E-state index is 0.356. The van der Waals surface area contributed by atoms with Crippen molar-refractivity contribution in [3.05, 3.63) is 69.2 Å². The lowest BCUT2D eigenvalue weighted by atomic mass is 10.1. The summed E-state index contributed by atoms with van der Waals surface area (Å²) >= 11 is 3.46. The highest BCUT2D eigenvalue weighted by molar-refractivity contribution is 9.10. The molecule has 0 heterocycles. The Morgan fingerprint density at radius 1 is 1.00 bits per heavy atom. The molecule has 0 saturated heterocycles. The molecule has 1 N–H and O–H groups in total. The first-order valence-electron chi connectivity index (χ1n) is 6.61. The van der Waals surface area contributed by atoms with E-state index in [1.54, 1.807) is 0 Å². The van der Waals surface area contributed by atoms with Crippen molar-refractivity contribution in [1.29, 1.82) is 0 Å². The van der Waals surface area contributed by atoms with Crippen LogP contribution in [0.5, 0.6) is 0 Å². The molecule has 2 aromatic carbocycles. The molecule has 0 aliphatic heterocycles. The van der Waals surface area contributed by atoms with Crippen molar-refractivity contribution in [2.45, 2.75) is 33.4 Å². The Morgan fingerprint density at radius 2 is 1.68 bits per heavy atom. The maximum Gasteiger partial charge on any atom is 0.0294 e. The molecule has 0 bridgehead atoms. The van der Waals surface area contributed by atoms with E-state index in [1.807, 2.05) is 0 Å².